The minimum Gasteiger partial charge on any atom is -0.383 e. The number of benzene rings is 2. The van der Waals surface area contributed by atoms with E-state index in [1.165, 1.54) is 11.3 Å². The number of aromatic nitrogens is 1. The summed E-state index contributed by atoms with van der Waals surface area (Å²) in [5, 5.41) is 9.54. The minimum absolute atomic E-state index is 0.351. The van der Waals surface area contributed by atoms with Crippen molar-refractivity contribution in [3.8, 4) is 6.07 Å². The first-order valence-corrected chi connectivity index (χ1v) is 9.11. The highest BCUT2D eigenvalue weighted by Crippen LogP contribution is 2.27. The van der Waals surface area contributed by atoms with Crippen molar-refractivity contribution >= 4 is 39.1 Å². The molecule has 0 fully saturated rings. The van der Waals surface area contributed by atoms with Gasteiger partial charge in [-0.1, -0.05) is 22.9 Å². The van der Waals surface area contributed by atoms with Gasteiger partial charge in [-0.15, -0.1) is 0 Å². The summed E-state index contributed by atoms with van der Waals surface area (Å²) in [4.78, 5) is 17.5. The van der Waals surface area contributed by atoms with E-state index in [1.807, 2.05) is 29.7 Å². The maximum Gasteiger partial charge on any atom is 0.279 e. The minimum atomic E-state index is -0.351. The van der Waals surface area contributed by atoms with Crippen molar-refractivity contribution < 1.29 is 9.53 Å². The summed E-state index contributed by atoms with van der Waals surface area (Å²) < 4.78 is 8.17. The molecule has 26 heavy (non-hydrogen) atoms. The van der Waals surface area contributed by atoms with Crippen LogP contribution >= 0.6 is 22.9 Å². The molecule has 3 aromatic rings. The standard InChI is InChI=1S/C19H16ClN3O2S/c1-12-15(20)7-8-16-17(12)23(9-10-25-2)19(26-16)22-18(24)14-5-3-13(11-21)4-6-14/h3-8H,9-10H2,1-2H3. The van der Waals surface area contributed by atoms with Gasteiger partial charge in [-0.05, 0) is 48.9 Å². The van der Waals surface area contributed by atoms with Crippen molar-refractivity contribution in [1.82, 2.24) is 4.57 Å². The lowest BCUT2D eigenvalue weighted by Gasteiger charge is -2.07. The lowest BCUT2D eigenvalue weighted by atomic mass is 10.1. The Morgan fingerprint density at radius 3 is 2.69 bits per heavy atom. The number of amides is 1. The van der Waals surface area contributed by atoms with Crippen LogP contribution in [0.5, 0.6) is 0 Å². The number of carbonyl (C=O) groups is 1. The second-order valence-corrected chi connectivity index (χ2v) is 7.07. The molecule has 0 atom stereocenters. The average molecular weight is 386 g/mol. The molecule has 5 nitrogen and oxygen atoms in total. The molecular weight excluding hydrogens is 370 g/mol. The van der Waals surface area contributed by atoms with E-state index in [-0.39, 0.29) is 5.91 Å². The molecule has 1 amide bonds. The lowest BCUT2D eigenvalue weighted by molar-refractivity contribution is 0.0997. The van der Waals surface area contributed by atoms with Gasteiger partial charge in [0.2, 0.25) is 0 Å². The summed E-state index contributed by atoms with van der Waals surface area (Å²) in [5.41, 5.74) is 2.85. The summed E-state index contributed by atoms with van der Waals surface area (Å²) in [5.74, 6) is -0.351. The largest absolute Gasteiger partial charge is 0.383 e. The van der Waals surface area contributed by atoms with Gasteiger partial charge in [0.1, 0.15) is 0 Å². The van der Waals surface area contributed by atoms with E-state index in [9.17, 15) is 4.79 Å². The molecule has 0 bridgehead atoms. The predicted octanol–water partition coefficient (Wildman–Crippen LogP) is 3.92. The number of nitriles is 1. The molecule has 0 N–H and O–H groups in total. The molecule has 0 spiro atoms. The maximum absolute atomic E-state index is 12.6. The monoisotopic (exact) mass is 385 g/mol. The molecule has 0 saturated heterocycles. The van der Waals surface area contributed by atoms with Gasteiger partial charge in [0, 0.05) is 24.2 Å². The third kappa shape index (κ3) is 3.56. The second kappa shape index (κ2) is 7.83. The smallest absolute Gasteiger partial charge is 0.279 e. The number of thiazole rings is 1. The van der Waals surface area contributed by atoms with E-state index in [0.29, 0.717) is 34.1 Å². The second-order valence-electron chi connectivity index (χ2n) is 5.65. The fourth-order valence-electron chi connectivity index (χ4n) is 2.63. The molecule has 2 aromatic carbocycles. The van der Waals surface area contributed by atoms with Crippen LogP contribution in [0.15, 0.2) is 41.4 Å². The zero-order valence-corrected chi connectivity index (χ0v) is 15.9. The van der Waals surface area contributed by atoms with Crippen LogP contribution in [0.25, 0.3) is 10.2 Å². The molecule has 0 aliphatic rings. The molecule has 0 unspecified atom stereocenters. The van der Waals surface area contributed by atoms with Gasteiger partial charge in [-0.3, -0.25) is 4.79 Å². The fourth-order valence-corrected chi connectivity index (χ4v) is 3.90. The van der Waals surface area contributed by atoms with E-state index < -0.39 is 0 Å². The Kier molecular flexibility index (Phi) is 5.52. The maximum atomic E-state index is 12.6. The molecule has 0 aliphatic heterocycles. The predicted molar refractivity (Wildman–Crippen MR) is 102 cm³/mol. The number of ether oxygens (including phenoxy) is 1. The molecule has 1 heterocycles. The van der Waals surface area contributed by atoms with Crippen LogP contribution in [0.2, 0.25) is 5.02 Å². The van der Waals surface area contributed by atoms with Crippen molar-refractivity contribution in [3.63, 3.8) is 0 Å². The molecular formula is C19H16ClN3O2S. The normalized spacial score (nSPS) is 11.7. The van der Waals surface area contributed by atoms with Crippen molar-refractivity contribution in [2.75, 3.05) is 13.7 Å². The van der Waals surface area contributed by atoms with Gasteiger partial charge in [-0.25, -0.2) is 0 Å². The highest BCUT2D eigenvalue weighted by molar-refractivity contribution is 7.16. The van der Waals surface area contributed by atoms with E-state index in [0.717, 1.165) is 15.8 Å². The summed E-state index contributed by atoms with van der Waals surface area (Å²) >= 11 is 7.71. The van der Waals surface area contributed by atoms with Gasteiger partial charge >= 0.3 is 0 Å². The Morgan fingerprint density at radius 1 is 1.31 bits per heavy atom. The topological polar surface area (TPSA) is 67.4 Å². The summed E-state index contributed by atoms with van der Waals surface area (Å²) in [7, 11) is 1.63. The number of methoxy groups -OCH3 is 1. The number of aryl methyl sites for hydroxylation is 1. The van der Waals surface area contributed by atoms with Crippen LogP contribution in [-0.2, 0) is 11.3 Å². The van der Waals surface area contributed by atoms with Gasteiger partial charge in [0.15, 0.2) is 4.80 Å². The summed E-state index contributed by atoms with van der Waals surface area (Å²) in [6, 6.07) is 12.3. The quantitative estimate of drug-likeness (QED) is 0.683. The average Bonchev–Trinajstić information content (AvgIpc) is 3.00. The zero-order valence-electron chi connectivity index (χ0n) is 14.3. The number of hydrogen-bond acceptors (Lipinski definition) is 4. The number of hydrogen-bond donors (Lipinski definition) is 0. The van der Waals surface area contributed by atoms with Crippen LogP contribution in [-0.4, -0.2) is 24.2 Å². The number of carbonyl (C=O) groups excluding carboxylic acids is 1. The van der Waals surface area contributed by atoms with E-state index in [4.69, 9.17) is 21.6 Å². The SMILES string of the molecule is COCCn1c(=NC(=O)c2ccc(C#N)cc2)sc2ccc(Cl)c(C)c21. The Balaban J connectivity index is 2.13. The van der Waals surface area contributed by atoms with Crippen LogP contribution in [0.1, 0.15) is 21.5 Å². The molecule has 0 saturated carbocycles. The van der Waals surface area contributed by atoms with Crippen molar-refractivity contribution in [2.24, 2.45) is 4.99 Å². The van der Waals surface area contributed by atoms with Gasteiger partial charge < -0.3 is 9.30 Å². The Hall–Kier alpha value is -2.46. The first-order chi connectivity index (χ1) is 12.5. The van der Waals surface area contributed by atoms with Crippen molar-refractivity contribution in [1.29, 1.82) is 5.26 Å². The van der Waals surface area contributed by atoms with Crippen LogP contribution < -0.4 is 4.80 Å². The number of halogens is 1. The molecule has 3 rings (SSSR count). The number of nitrogens with zero attached hydrogens (tertiary/aromatic N) is 3. The van der Waals surface area contributed by atoms with E-state index in [2.05, 4.69) is 4.99 Å². The van der Waals surface area contributed by atoms with Crippen molar-refractivity contribution in [2.45, 2.75) is 13.5 Å². The van der Waals surface area contributed by atoms with Gasteiger partial charge in [0.05, 0.1) is 28.5 Å². The molecule has 0 aliphatic carbocycles. The third-order valence-electron chi connectivity index (χ3n) is 4.01. The Morgan fingerprint density at radius 2 is 2.04 bits per heavy atom. The summed E-state index contributed by atoms with van der Waals surface area (Å²) in [6.07, 6.45) is 0. The van der Waals surface area contributed by atoms with Gasteiger partial charge in [0.25, 0.3) is 5.91 Å². The van der Waals surface area contributed by atoms with Crippen LogP contribution in [0, 0.1) is 18.3 Å². The highest BCUT2D eigenvalue weighted by Gasteiger charge is 2.13. The van der Waals surface area contributed by atoms with E-state index in [1.54, 1.807) is 31.4 Å². The first kappa shape index (κ1) is 18.3. The molecule has 132 valence electrons. The summed E-state index contributed by atoms with van der Waals surface area (Å²) in [6.45, 7) is 3.01. The number of rotatable bonds is 4. The number of fused-ring (bicyclic) bond motifs is 1. The first-order valence-electron chi connectivity index (χ1n) is 7.91. The van der Waals surface area contributed by atoms with Gasteiger partial charge in [-0.2, -0.15) is 10.3 Å². The fraction of sp³-hybridized carbons (Fsp3) is 0.211. The third-order valence-corrected chi connectivity index (χ3v) is 5.46. The molecule has 1 aromatic heterocycles. The molecule has 7 heteroatoms. The lowest BCUT2D eigenvalue weighted by Crippen LogP contribution is -2.19. The Bertz CT molecular complexity index is 1080. The zero-order chi connectivity index (χ0) is 18.7. The van der Waals surface area contributed by atoms with E-state index >= 15 is 0 Å². The van der Waals surface area contributed by atoms with Crippen LogP contribution in [0.3, 0.4) is 0 Å². The highest BCUT2D eigenvalue weighted by atomic mass is 35.5. The Labute approximate surface area is 159 Å². The van der Waals surface area contributed by atoms with Crippen molar-refractivity contribution in [3.05, 3.63) is 62.9 Å². The molecule has 0 radical (unpaired) electrons. The van der Waals surface area contributed by atoms with Crippen LogP contribution in [0.4, 0.5) is 0 Å².